The Hall–Kier alpha value is -0.980. The number of rotatable bonds is 5. The molecule has 0 N–H and O–H groups in total. The lowest BCUT2D eigenvalue weighted by Crippen LogP contribution is -2.49. The molecule has 0 aliphatic carbocycles. The maximum Gasteiger partial charge on any atom is 0.215 e. The molecule has 1 fully saturated rings. The predicted octanol–water partition coefficient (Wildman–Crippen LogP) is 1.39. The molecule has 0 aromatic heterocycles. The van der Waals surface area contributed by atoms with E-state index in [2.05, 4.69) is 4.90 Å². The van der Waals surface area contributed by atoms with Crippen LogP contribution in [0.15, 0.2) is 24.3 Å². The van der Waals surface area contributed by atoms with Gasteiger partial charge in [-0.2, -0.15) is 4.31 Å². The Balaban J connectivity index is 2.00. The molecule has 1 aromatic carbocycles. The Labute approximate surface area is 125 Å². The second kappa shape index (κ2) is 6.65. The second-order valence-corrected chi connectivity index (χ2v) is 7.06. The van der Waals surface area contributed by atoms with Crippen LogP contribution < -0.4 is 9.64 Å². The van der Waals surface area contributed by atoms with Gasteiger partial charge < -0.3 is 9.64 Å². The zero-order chi connectivity index (χ0) is 14.6. The Bertz CT molecular complexity index is 542. The van der Waals surface area contributed by atoms with Gasteiger partial charge in [-0.05, 0) is 12.1 Å². The number of ether oxygens (including phenoxy) is 1. The van der Waals surface area contributed by atoms with E-state index in [1.54, 1.807) is 7.11 Å². The van der Waals surface area contributed by atoms with E-state index < -0.39 is 10.0 Å². The molecule has 0 amide bonds. The van der Waals surface area contributed by atoms with Crippen molar-refractivity contribution in [2.45, 2.75) is 0 Å². The van der Waals surface area contributed by atoms with Gasteiger partial charge in [-0.15, -0.1) is 11.6 Å². The van der Waals surface area contributed by atoms with E-state index in [1.807, 2.05) is 24.3 Å². The van der Waals surface area contributed by atoms with Gasteiger partial charge in [-0.25, -0.2) is 8.42 Å². The highest BCUT2D eigenvalue weighted by Crippen LogP contribution is 2.22. The summed E-state index contributed by atoms with van der Waals surface area (Å²) in [5.74, 6) is 0.950. The fourth-order valence-electron chi connectivity index (χ4n) is 2.26. The van der Waals surface area contributed by atoms with Crippen LogP contribution in [0.4, 0.5) is 5.69 Å². The molecule has 5 nitrogen and oxygen atoms in total. The van der Waals surface area contributed by atoms with Gasteiger partial charge >= 0.3 is 0 Å². The molecule has 0 saturated carbocycles. The summed E-state index contributed by atoms with van der Waals surface area (Å²) in [5, 5.41) is 0. The molecule has 1 saturated heterocycles. The molecule has 0 bridgehead atoms. The van der Waals surface area contributed by atoms with Crippen molar-refractivity contribution in [1.29, 1.82) is 0 Å². The first kappa shape index (κ1) is 15.4. The van der Waals surface area contributed by atoms with Crippen LogP contribution >= 0.6 is 11.6 Å². The average Bonchev–Trinajstić information content (AvgIpc) is 2.47. The Kier molecular flexibility index (Phi) is 5.12. The SMILES string of the molecule is COc1cccc(N2CCN(S(=O)(=O)CCCl)CC2)c1. The number of nitrogens with zero attached hydrogens (tertiary/aromatic N) is 2. The summed E-state index contributed by atoms with van der Waals surface area (Å²) < 4.78 is 30.6. The number of alkyl halides is 1. The predicted molar refractivity (Wildman–Crippen MR) is 81.3 cm³/mol. The molecule has 20 heavy (non-hydrogen) atoms. The van der Waals surface area contributed by atoms with Gasteiger partial charge in [0.1, 0.15) is 5.75 Å². The number of sulfonamides is 1. The highest BCUT2D eigenvalue weighted by molar-refractivity contribution is 7.89. The van der Waals surface area contributed by atoms with Crippen LogP contribution in [-0.2, 0) is 10.0 Å². The molecule has 1 heterocycles. The largest absolute Gasteiger partial charge is 0.497 e. The number of benzene rings is 1. The maximum atomic E-state index is 11.9. The monoisotopic (exact) mass is 318 g/mol. The molecule has 0 spiro atoms. The van der Waals surface area contributed by atoms with Crippen molar-refractivity contribution < 1.29 is 13.2 Å². The summed E-state index contributed by atoms with van der Waals surface area (Å²) in [7, 11) is -1.57. The smallest absolute Gasteiger partial charge is 0.215 e. The lowest BCUT2D eigenvalue weighted by molar-refractivity contribution is 0.385. The van der Waals surface area contributed by atoms with Gasteiger partial charge in [0, 0.05) is 43.8 Å². The fraction of sp³-hybridized carbons (Fsp3) is 0.538. The number of piperazine rings is 1. The molecule has 112 valence electrons. The highest BCUT2D eigenvalue weighted by atomic mass is 35.5. The molecule has 0 radical (unpaired) electrons. The fourth-order valence-corrected chi connectivity index (χ4v) is 4.02. The standard InChI is InChI=1S/C13H19ClN2O3S/c1-19-13-4-2-3-12(11-13)15-6-8-16(9-7-15)20(17,18)10-5-14/h2-4,11H,5-10H2,1H3. The molecule has 7 heteroatoms. The average molecular weight is 319 g/mol. The molecule has 0 atom stereocenters. The van der Waals surface area contributed by atoms with Gasteiger partial charge in [0.15, 0.2) is 0 Å². The van der Waals surface area contributed by atoms with Crippen LogP contribution in [-0.4, -0.2) is 57.6 Å². The highest BCUT2D eigenvalue weighted by Gasteiger charge is 2.26. The molecule has 0 unspecified atom stereocenters. The molecule has 1 aromatic rings. The number of hydrogen-bond acceptors (Lipinski definition) is 4. The summed E-state index contributed by atoms with van der Waals surface area (Å²) in [5.41, 5.74) is 1.05. The Morgan fingerprint density at radius 3 is 2.55 bits per heavy atom. The molecule has 2 rings (SSSR count). The van der Waals surface area contributed by atoms with Crippen molar-refractivity contribution in [1.82, 2.24) is 4.31 Å². The Morgan fingerprint density at radius 2 is 1.95 bits per heavy atom. The molecule has 1 aliphatic heterocycles. The molecular formula is C13H19ClN2O3S. The van der Waals surface area contributed by atoms with Gasteiger partial charge in [-0.3, -0.25) is 0 Å². The van der Waals surface area contributed by atoms with Crippen LogP contribution in [0.2, 0.25) is 0 Å². The van der Waals surface area contributed by atoms with E-state index in [0.29, 0.717) is 26.2 Å². The summed E-state index contributed by atoms with van der Waals surface area (Å²) in [6.07, 6.45) is 0. The van der Waals surface area contributed by atoms with Crippen LogP contribution in [0, 0.1) is 0 Å². The van der Waals surface area contributed by atoms with E-state index >= 15 is 0 Å². The van der Waals surface area contributed by atoms with Crippen LogP contribution in [0.1, 0.15) is 0 Å². The lowest BCUT2D eigenvalue weighted by Gasteiger charge is -2.35. The summed E-state index contributed by atoms with van der Waals surface area (Å²) in [6.45, 7) is 2.34. The number of hydrogen-bond donors (Lipinski definition) is 0. The maximum absolute atomic E-state index is 11.9. The topological polar surface area (TPSA) is 49.9 Å². The summed E-state index contributed by atoms with van der Waals surface area (Å²) >= 11 is 5.53. The first-order chi connectivity index (χ1) is 9.56. The first-order valence-corrected chi connectivity index (χ1v) is 8.64. The third-order valence-corrected chi connectivity index (χ3v) is 5.67. The Morgan fingerprint density at radius 1 is 1.25 bits per heavy atom. The van der Waals surface area contributed by atoms with Gasteiger partial charge in [-0.1, -0.05) is 6.07 Å². The number of halogens is 1. The van der Waals surface area contributed by atoms with Crippen molar-refractivity contribution >= 4 is 27.3 Å². The van der Waals surface area contributed by atoms with E-state index in [1.165, 1.54) is 4.31 Å². The van der Waals surface area contributed by atoms with E-state index in [9.17, 15) is 8.42 Å². The van der Waals surface area contributed by atoms with Crippen molar-refractivity contribution in [2.75, 3.05) is 49.8 Å². The van der Waals surface area contributed by atoms with Crippen LogP contribution in [0.5, 0.6) is 5.75 Å². The van der Waals surface area contributed by atoms with Crippen molar-refractivity contribution in [2.24, 2.45) is 0 Å². The van der Waals surface area contributed by atoms with E-state index in [-0.39, 0.29) is 11.6 Å². The third-order valence-electron chi connectivity index (χ3n) is 3.39. The second-order valence-electron chi connectivity index (χ2n) is 4.59. The molecular weight excluding hydrogens is 300 g/mol. The van der Waals surface area contributed by atoms with Gasteiger partial charge in [0.2, 0.25) is 10.0 Å². The number of methoxy groups -OCH3 is 1. The molecule has 1 aliphatic rings. The minimum atomic E-state index is -3.20. The summed E-state index contributed by atoms with van der Waals surface area (Å²) in [4.78, 5) is 2.16. The number of anilines is 1. The van der Waals surface area contributed by atoms with Crippen LogP contribution in [0.25, 0.3) is 0 Å². The lowest BCUT2D eigenvalue weighted by atomic mass is 10.2. The first-order valence-electron chi connectivity index (χ1n) is 6.49. The van der Waals surface area contributed by atoms with Crippen LogP contribution in [0.3, 0.4) is 0 Å². The quantitative estimate of drug-likeness (QED) is 0.770. The van der Waals surface area contributed by atoms with Crippen molar-refractivity contribution in [3.63, 3.8) is 0 Å². The zero-order valence-electron chi connectivity index (χ0n) is 11.5. The zero-order valence-corrected chi connectivity index (χ0v) is 13.0. The van der Waals surface area contributed by atoms with Gasteiger partial charge in [0.05, 0.1) is 12.9 Å². The normalized spacial score (nSPS) is 17.2. The van der Waals surface area contributed by atoms with Crippen molar-refractivity contribution in [3.05, 3.63) is 24.3 Å². The minimum Gasteiger partial charge on any atom is -0.497 e. The minimum absolute atomic E-state index is 0.00765. The third kappa shape index (κ3) is 3.56. The van der Waals surface area contributed by atoms with E-state index in [0.717, 1.165) is 11.4 Å². The summed E-state index contributed by atoms with van der Waals surface area (Å²) in [6, 6.07) is 7.80. The van der Waals surface area contributed by atoms with E-state index in [4.69, 9.17) is 16.3 Å². The van der Waals surface area contributed by atoms with Crippen molar-refractivity contribution in [3.8, 4) is 5.75 Å². The van der Waals surface area contributed by atoms with Gasteiger partial charge in [0.25, 0.3) is 0 Å².